The fraction of sp³-hybridized carbons (Fsp3) is 0.368. The van der Waals surface area contributed by atoms with Crippen molar-refractivity contribution in [3.8, 4) is 5.88 Å². The molecule has 4 heterocycles. The zero-order chi connectivity index (χ0) is 17.3. The van der Waals surface area contributed by atoms with Gasteiger partial charge in [0.25, 0.3) is 0 Å². The van der Waals surface area contributed by atoms with Crippen LogP contribution in [0, 0.1) is 0 Å². The second kappa shape index (κ2) is 6.40. The molecule has 1 atom stereocenters. The lowest BCUT2D eigenvalue weighted by Gasteiger charge is -2.26. The second-order valence-electron chi connectivity index (χ2n) is 6.73. The SMILES string of the molecule is C1=Cc2c(ccnc2OCC2CCCN2c2ncnc3nc[nH]c23)CC1. The van der Waals surface area contributed by atoms with Crippen LogP contribution in [0.4, 0.5) is 5.82 Å². The minimum Gasteiger partial charge on any atom is -0.475 e. The van der Waals surface area contributed by atoms with Crippen LogP contribution < -0.4 is 9.64 Å². The van der Waals surface area contributed by atoms with Crippen molar-refractivity contribution in [2.24, 2.45) is 0 Å². The maximum atomic E-state index is 6.16. The number of fused-ring (bicyclic) bond motifs is 2. The van der Waals surface area contributed by atoms with Gasteiger partial charge in [-0.15, -0.1) is 0 Å². The molecule has 7 nitrogen and oxygen atoms in total. The van der Waals surface area contributed by atoms with E-state index in [4.69, 9.17) is 4.74 Å². The third-order valence-corrected chi connectivity index (χ3v) is 5.17. The van der Waals surface area contributed by atoms with E-state index in [1.165, 1.54) is 5.56 Å². The van der Waals surface area contributed by atoms with Crippen molar-refractivity contribution < 1.29 is 4.74 Å². The van der Waals surface area contributed by atoms with Crippen LogP contribution in [0.3, 0.4) is 0 Å². The number of nitrogens with one attached hydrogen (secondary N) is 1. The summed E-state index contributed by atoms with van der Waals surface area (Å²) in [6.07, 6.45) is 13.7. The fourth-order valence-corrected chi connectivity index (χ4v) is 3.88. The Morgan fingerprint density at radius 3 is 3.23 bits per heavy atom. The van der Waals surface area contributed by atoms with E-state index in [2.05, 4.69) is 48.0 Å². The zero-order valence-electron chi connectivity index (χ0n) is 14.4. The molecular weight excluding hydrogens is 328 g/mol. The summed E-state index contributed by atoms with van der Waals surface area (Å²) >= 11 is 0. The maximum Gasteiger partial charge on any atom is 0.221 e. The number of allylic oxidation sites excluding steroid dienone is 1. The minimum absolute atomic E-state index is 0.265. The summed E-state index contributed by atoms with van der Waals surface area (Å²) in [5.74, 6) is 1.64. The van der Waals surface area contributed by atoms with Gasteiger partial charge in [0, 0.05) is 18.3 Å². The highest BCUT2D eigenvalue weighted by Crippen LogP contribution is 2.30. The number of rotatable bonds is 4. The highest BCUT2D eigenvalue weighted by molar-refractivity contribution is 5.83. The first kappa shape index (κ1) is 15.3. The molecule has 26 heavy (non-hydrogen) atoms. The molecule has 0 radical (unpaired) electrons. The number of imidazole rings is 1. The molecule has 1 fully saturated rings. The summed E-state index contributed by atoms with van der Waals surface area (Å²) in [6, 6.07) is 2.35. The molecule has 1 N–H and O–H groups in total. The molecule has 1 unspecified atom stereocenters. The van der Waals surface area contributed by atoms with Crippen LogP contribution in [-0.2, 0) is 6.42 Å². The van der Waals surface area contributed by atoms with E-state index in [0.29, 0.717) is 12.3 Å². The normalized spacial score (nSPS) is 19.1. The number of anilines is 1. The summed E-state index contributed by atoms with van der Waals surface area (Å²) in [5.41, 5.74) is 4.03. The summed E-state index contributed by atoms with van der Waals surface area (Å²) in [7, 11) is 0. The van der Waals surface area contributed by atoms with Crippen molar-refractivity contribution in [2.75, 3.05) is 18.1 Å². The lowest BCUT2D eigenvalue weighted by Crippen LogP contribution is -2.35. The Morgan fingerprint density at radius 2 is 2.23 bits per heavy atom. The number of nitrogens with zero attached hydrogens (tertiary/aromatic N) is 5. The third kappa shape index (κ3) is 2.60. The van der Waals surface area contributed by atoms with Crippen LogP contribution in [-0.4, -0.2) is 44.1 Å². The van der Waals surface area contributed by atoms with E-state index in [-0.39, 0.29) is 6.04 Å². The van der Waals surface area contributed by atoms with Crippen molar-refractivity contribution >= 4 is 23.1 Å². The van der Waals surface area contributed by atoms with Crippen molar-refractivity contribution in [3.63, 3.8) is 0 Å². The molecule has 0 bridgehead atoms. The Balaban J connectivity index is 1.38. The Kier molecular flexibility index (Phi) is 3.77. The van der Waals surface area contributed by atoms with Gasteiger partial charge in [-0.1, -0.05) is 12.2 Å². The number of hydrogen-bond donors (Lipinski definition) is 1. The van der Waals surface area contributed by atoms with E-state index < -0.39 is 0 Å². The van der Waals surface area contributed by atoms with Gasteiger partial charge >= 0.3 is 0 Å². The Bertz CT molecular complexity index is 966. The molecule has 1 saturated heterocycles. The highest BCUT2D eigenvalue weighted by atomic mass is 16.5. The van der Waals surface area contributed by atoms with Crippen molar-refractivity contribution in [1.82, 2.24) is 24.9 Å². The molecule has 3 aromatic rings. The fourth-order valence-electron chi connectivity index (χ4n) is 3.88. The number of aromatic nitrogens is 5. The van der Waals surface area contributed by atoms with Crippen molar-refractivity contribution in [3.05, 3.63) is 42.1 Å². The van der Waals surface area contributed by atoms with E-state index in [0.717, 1.165) is 55.0 Å². The minimum atomic E-state index is 0.265. The third-order valence-electron chi connectivity index (χ3n) is 5.17. The molecule has 2 aliphatic rings. The first-order valence-electron chi connectivity index (χ1n) is 9.08. The van der Waals surface area contributed by atoms with Gasteiger partial charge in [-0.3, -0.25) is 0 Å². The first-order valence-corrected chi connectivity index (χ1v) is 9.08. The summed E-state index contributed by atoms with van der Waals surface area (Å²) in [5, 5.41) is 0. The van der Waals surface area contributed by atoms with Crippen LogP contribution in [0.25, 0.3) is 17.2 Å². The van der Waals surface area contributed by atoms with Gasteiger partial charge in [-0.25, -0.2) is 19.9 Å². The standard InChI is InChI=1S/C19H20N6O/c1-2-6-15-13(4-1)7-8-20-19(15)26-10-14-5-3-9-25(14)18-16-17(22-11-21-16)23-12-24-18/h2,6-8,11-12,14H,1,3-5,9-10H2,(H,21,22,23,24). The van der Waals surface area contributed by atoms with Crippen LogP contribution in [0.15, 0.2) is 31.0 Å². The molecular formula is C19H20N6O. The Morgan fingerprint density at radius 1 is 1.23 bits per heavy atom. The second-order valence-corrected chi connectivity index (χ2v) is 6.73. The molecule has 7 heteroatoms. The Hall–Kier alpha value is -2.96. The van der Waals surface area contributed by atoms with Crippen LogP contribution in [0.2, 0.25) is 0 Å². The van der Waals surface area contributed by atoms with Crippen LogP contribution in [0.1, 0.15) is 30.4 Å². The number of hydrogen-bond acceptors (Lipinski definition) is 6. The molecule has 132 valence electrons. The number of aryl methyl sites for hydroxylation is 1. The first-order chi connectivity index (χ1) is 12.9. The van der Waals surface area contributed by atoms with Gasteiger partial charge in [0.2, 0.25) is 5.88 Å². The van der Waals surface area contributed by atoms with Crippen molar-refractivity contribution in [2.45, 2.75) is 31.7 Å². The predicted molar refractivity (Wildman–Crippen MR) is 99.1 cm³/mol. The van der Waals surface area contributed by atoms with Gasteiger partial charge in [0.1, 0.15) is 18.5 Å². The highest BCUT2D eigenvalue weighted by Gasteiger charge is 2.28. The van der Waals surface area contributed by atoms with Crippen LogP contribution >= 0.6 is 0 Å². The summed E-state index contributed by atoms with van der Waals surface area (Å²) in [6.45, 7) is 1.55. The number of ether oxygens (including phenoxy) is 1. The molecule has 0 aromatic carbocycles. The van der Waals surface area contributed by atoms with E-state index in [1.807, 2.05) is 6.20 Å². The largest absolute Gasteiger partial charge is 0.475 e. The monoisotopic (exact) mass is 348 g/mol. The quantitative estimate of drug-likeness (QED) is 0.781. The molecule has 5 rings (SSSR count). The van der Waals surface area contributed by atoms with E-state index in [1.54, 1.807) is 12.7 Å². The number of pyridine rings is 1. The summed E-state index contributed by atoms with van der Waals surface area (Å²) in [4.78, 5) is 22.9. The topological polar surface area (TPSA) is 79.8 Å². The van der Waals surface area contributed by atoms with Crippen LogP contribution in [0.5, 0.6) is 5.88 Å². The molecule has 0 spiro atoms. The summed E-state index contributed by atoms with van der Waals surface area (Å²) < 4.78 is 6.16. The van der Waals surface area contributed by atoms with Gasteiger partial charge in [-0.2, -0.15) is 0 Å². The lowest BCUT2D eigenvalue weighted by atomic mass is 9.99. The van der Waals surface area contributed by atoms with E-state index in [9.17, 15) is 0 Å². The molecule has 1 aliphatic heterocycles. The van der Waals surface area contributed by atoms with Crippen molar-refractivity contribution in [1.29, 1.82) is 0 Å². The van der Waals surface area contributed by atoms with Gasteiger partial charge in [0.05, 0.1) is 12.4 Å². The molecule has 1 aliphatic carbocycles. The lowest BCUT2D eigenvalue weighted by molar-refractivity contribution is 0.277. The smallest absolute Gasteiger partial charge is 0.221 e. The molecule has 0 saturated carbocycles. The van der Waals surface area contributed by atoms with Gasteiger partial charge < -0.3 is 14.6 Å². The van der Waals surface area contributed by atoms with Gasteiger partial charge in [-0.05, 0) is 37.3 Å². The maximum absolute atomic E-state index is 6.16. The van der Waals surface area contributed by atoms with Gasteiger partial charge in [0.15, 0.2) is 11.5 Å². The Labute approximate surface area is 151 Å². The molecule has 0 amide bonds. The van der Waals surface area contributed by atoms with E-state index >= 15 is 0 Å². The predicted octanol–water partition coefficient (Wildman–Crippen LogP) is 2.76. The average Bonchev–Trinajstić information content (AvgIpc) is 3.35. The zero-order valence-corrected chi connectivity index (χ0v) is 14.4. The number of aromatic amines is 1. The molecule has 3 aromatic heterocycles. The number of H-pyrrole nitrogens is 1. The average molecular weight is 348 g/mol.